The lowest BCUT2D eigenvalue weighted by Gasteiger charge is -2.24. The van der Waals surface area contributed by atoms with Gasteiger partial charge in [0.2, 0.25) is 0 Å². The average molecular weight is 443 g/mol. The summed E-state index contributed by atoms with van der Waals surface area (Å²) in [6, 6.07) is 0. The van der Waals surface area contributed by atoms with Crippen molar-refractivity contribution >= 4 is 41.7 Å². The first-order valence-corrected chi connectivity index (χ1v) is 9.41. The molecule has 1 rings (SSSR count). The van der Waals surface area contributed by atoms with Crippen molar-refractivity contribution in [3.8, 4) is 0 Å². The lowest BCUT2D eigenvalue weighted by molar-refractivity contribution is 0.0468. The summed E-state index contributed by atoms with van der Waals surface area (Å²) in [6.45, 7) is 6.94. The van der Waals surface area contributed by atoms with Gasteiger partial charge in [-0.15, -0.1) is 24.0 Å². The molecule has 22 heavy (non-hydrogen) atoms. The van der Waals surface area contributed by atoms with E-state index in [4.69, 9.17) is 4.74 Å². The summed E-state index contributed by atoms with van der Waals surface area (Å²) >= 11 is 1.86. The molecule has 1 aliphatic rings. The highest BCUT2D eigenvalue weighted by Gasteiger charge is 2.16. The van der Waals surface area contributed by atoms with Crippen LogP contribution in [0, 0.1) is 0 Å². The smallest absolute Gasteiger partial charge is 0.191 e. The number of hydrogen-bond donors (Lipinski definition) is 2. The van der Waals surface area contributed by atoms with E-state index in [9.17, 15) is 0 Å². The summed E-state index contributed by atoms with van der Waals surface area (Å²) in [5.41, 5.74) is 0. The van der Waals surface area contributed by atoms with Crippen LogP contribution in [-0.4, -0.2) is 49.8 Å². The maximum atomic E-state index is 5.98. The van der Waals surface area contributed by atoms with E-state index in [0.29, 0.717) is 6.10 Å². The van der Waals surface area contributed by atoms with Crippen LogP contribution in [0.1, 0.15) is 52.4 Å². The summed E-state index contributed by atoms with van der Waals surface area (Å²) < 4.78 is 6.19. The molecule has 0 unspecified atom stereocenters. The van der Waals surface area contributed by atoms with Crippen molar-refractivity contribution in [3.05, 3.63) is 0 Å². The summed E-state index contributed by atoms with van der Waals surface area (Å²) in [5, 5.41) is 6.70. The van der Waals surface area contributed by atoms with Crippen molar-refractivity contribution in [2.24, 2.45) is 4.99 Å². The number of halogens is 1. The van der Waals surface area contributed by atoms with E-state index in [0.717, 1.165) is 25.7 Å². The van der Waals surface area contributed by atoms with Gasteiger partial charge in [0.25, 0.3) is 0 Å². The molecule has 0 aromatic carbocycles. The van der Waals surface area contributed by atoms with E-state index in [1.54, 1.807) is 0 Å². The van der Waals surface area contributed by atoms with Crippen LogP contribution in [0.15, 0.2) is 4.99 Å². The Bertz CT molecular complexity index is 306. The zero-order valence-corrected chi connectivity index (χ0v) is 17.8. The summed E-state index contributed by atoms with van der Waals surface area (Å²) in [4.78, 5) is 4.25. The first-order valence-electron chi connectivity index (χ1n) is 8.18. The number of guanidine groups is 1. The van der Waals surface area contributed by atoms with Gasteiger partial charge in [-0.2, -0.15) is 11.8 Å². The Morgan fingerprint density at radius 3 is 2.36 bits per heavy atom. The highest BCUT2D eigenvalue weighted by atomic mass is 127. The fraction of sp³-hybridized carbons (Fsp3) is 0.938. The van der Waals surface area contributed by atoms with Crippen LogP contribution in [-0.2, 0) is 4.74 Å². The van der Waals surface area contributed by atoms with Crippen molar-refractivity contribution in [2.75, 3.05) is 33.0 Å². The Kier molecular flexibility index (Phi) is 12.9. The lowest BCUT2D eigenvalue weighted by Crippen LogP contribution is -2.44. The molecule has 0 heterocycles. The van der Waals surface area contributed by atoms with E-state index in [-0.39, 0.29) is 28.7 Å². The monoisotopic (exact) mass is 443 g/mol. The first-order chi connectivity index (χ1) is 10.1. The average Bonchev–Trinajstić information content (AvgIpc) is 2.75. The topological polar surface area (TPSA) is 45.7 Å². The maximum Gasteiger partial charge on any atom is 0.191 e. The van der Waals surface area contributed by atoms with Gasteiger partial charge in [0, 0.05) is 24.9 Å². The predicted octanol–water partition coefficient (Wildman–Crippen LogP) is 3.65. The molecule has 0 bridgehead atoms. The van der Waals surface area contributed by atoms with Crippen LogP contribution in [0.3, 0.4) is 0 Å². The van der Waals surface area contributed by atoms with Gasteiger partial charge in [0.1, 0.15) is 0 Å². The van der Waals surface area contributed by atoms with Crippen LogP contribution < -0.4 is 10.6 Å². The zero-order chi connectivity index (χ0) is 15.6. The van der Waals surface area contributed by atoms with Crippen LogP contribution in [0.25, 0.3) is 0 Å². The van der Waals surface area contributed by atoms with Gasteiger partial charge in [-0.05, 0) is 32.9 Å². The van der Waals surface area contributed by atoms with Crippen molar-refractivity contribution in [3.63, 3.8) is 0 Å². The predicted molar refractivity (Wildman–Crippen MR) is 110 cm³/mol. The van der Waals surface area contributed by atoms with Crippen LogP contribution in [0.2, 0.25) is 0 Å². The fourth-order valence-electron chi connectivity index (χ4n) is 2.39. The normalized spacial score (nSPS) is 17.5. The van der Waals surface area contributed by atoms with Gasteiger partial charge < -0.3 is 15.4 Å². The molecule has 0 aromatic heterocycles. The first kappa shape index (κ1) is 22.3. The SMILES string of the molecule is CN=C(NCCOC1CCCCCC1)NCC(C)(C)SC.I. The van der Waals surface area contributed by atoms with Crippen LogP contribution in [0.4, 0.5) is 0 Å². The molecule has 1 aliphatic carbocycles. The summed E-state index contributed by atoms with van der Waals surface area (Å²) in [6.07, 6.45) is 10.5. The second kappa shape index (κ2) is 12.7. The van der Waals surface area contributed by atoms with E-state index < -0.39 is 0 Å². The lowest BCUT2D eigenvalue weighted by atomic mass is 10.1. The van der Waals surface area contributed by atoms with Gasteiger partial charge in [0.15, 0.2) is 5.96 Å². The number of nitrogens with one attached hydrogen (secondary N) is 2. The van der Waals surface area contributed by atoms with Gasteiger partial charge in [-0.3, -0.25) is 4.99 Å². The molecule has 0 radical (unpaired) electrons. The minimum Gasteiger partial charge on any atom is -0.376 e. The standard InChI is InChI=1S/C16H33N3OS.HI/c1-16(2,21-4)13-19-15(17-3)18-11-12-20-14-9-7-5-6-8-10-14;/h14H,5-13H2,1-4H3,(H2,17,18,19);1H. The Labute approximate surface area is 158 Å². The van der Waals surface area contributed by atoms with Crippen molar-refractivity contribution < 1.29 is 4.74 Å². The highest BCUT2D eigenvalue weighted by Crippen LogP contribution is 2.20. The molecule has 0 amide bonds. The van der Waals surface area contributed by atoms with E-state index in [1.807, 2.05) is 18.8 Å². The number of aliphatic imine (C=N–C) groups is 1. The molecular weight excluding hydrogens is 409 g/mol. The van der Waals surface area contributed by atoms with Crippen molar-refractivity contribution in [1.29, 1.82) is 0 Å². The quantitative estimate of drug-likeness (QED) is 0.207. The number of thioether (sulfide) groups is 1. The number of hydrogen-bond acceptors (Lipinski definition) is 3. The van der Waals surface area contributed by atoms with E-state index in [1.165, 1.54) is 38.5 Å². The van der Waals surface area contributed by atoms with E-state index in [2.05, 4.69) is 35.7 Å². The second-order valence-electron chi connectivity index (χ2n) is 6.30. The number of nitrogens with zero attached hydrogens (tertiary/aromatic N) is 1. The Balaban J connectivity index is 0.00000441. The van der Waals surface area contributed by atoms with E-state index >= 15 is 0 Å². The van der Waals surface area contributed by atoms with Gasteiger partial charge in [-0.25, -0.2) is 0 Å². The molecule has 0 atom stereocenters. The molecular formula is C16H34IN3OS. The van der Waals surface area contributed by atoms with Crippen molar-refractivity contribution in [2.45, 2.75) is 63.2 Å². The molecule has 132 valence electrons. The second-order valence-corrected chi connectivity index (χ2v) is 7.81. The highest BCUT2D eigenvalue weighted by molar-refractivity contribution is 14.0. The molecule has 0 aromatic rings. The third-order valence-electron chi connectivity index (χ3n) is 4.01. The minimum atomic E-state index is 0. The Morgan fingerprint density at radius 2 is 1.82 bits per heavy atom. The molecule has 0 spiro atoms. The number of rotatable bonds is 7. The molecule has 2 N–H and O–H groups in total. The van der Waals surface area contributed by atoms with Gasteiger partial charge in [-0.1, -0.05) is 25.7 Å². The molecule has 0 aliphatic heterocycles. The molecule has 6 heteroatoms. The maximum absolute atomic E-state index is 5.98. The Morgan fingerprint density at radius 1 is 1.18 bits per heavy atom. The molecule has 1 saturated carbocycles. The van der Waals surface area contributed by atoms with Crippen molar-refractivity contribution in [1.82, 2.24) is 10.6 Å². The third kappa shape index (κ3) is 10.2. The summed E-state index contributed by atoms with van der Waals surface area (Å²) in [5.74, 6) is 0.863. The molecule has 1 fully saturated rings. The van der Waals surface area contributed by atoms with Crippen LogP contribution in [0.5, 0.6) is 0 Å². The number of ether oxygens (including phenoxy) is 1. The van der Waals surface area contributed by atoms with Gasteiger partial charge >= 0.3 is 0 Å². The third-order valence-corrected chi connectivity index (χ3v) is 5.26. The largest absolute Gasteiger partial charge is 0.376 e. The fourth-order valence-corrected chi connectivity index (χ4v) is 2.61. The summed E-state index contributed by atoms with van der Waals surface area (Å²) in [7, 11) is 1.81. The van der Waals surface area contributed by atoms with Gasteiger partial charge in [0.05, 0.1) is 12.7 Å². The minimum absolute atomic E-state index is 0. The zero-order valence-electron chi connectivity index (χ0n) is 14.6. The Hall–Kier alpha value is 0.310. The molecule has 4 nitrogen and oxygen atoms in total. The molecule has 0 saturated heterocycles. The van der Waals surface area contributed by atoms with Crippen LogP contribution >= 0.6 is 35.7 Å².